The standard InChI is InChI=1S/C18H29N3O3S.ClH/c1-3-14-25(23,24)20-17-6-4-16(5-7-17)18(22)21-12-9-15(10-13-21)8-11-19-2;/h4-7,15,19-20H,3,8-14H2,1-2H3;1H. The second-order valence-electron chi connectivity index (χ2n) is 6.63. The molecule has 0 aliphatic carbocycles. The molecular formula is C18H30ClN3O3S. The van der Waals surface area contributed by atoms with Crippen molar-refractivity contribution in [2.24, 2.45) is 5.92 Å². The average molecular weight is 404 g/mol. The molecule has 1 saturated heterocycles. The number of rotatable bonds is 8. The Hall–Kier alpha value is -1.31. The maximum Gasteiger partial charge on any atom is 0.253 e. The molecule has 148 valence electrons. The molecule has 0 atom stereocenters. The van der Waals surface area contributed by atoms with Crippen molar-refractivity contribution < 1.29 is 13.2 Å². The number of carbonyl (C=O) groups is 1. The number of benzene rings is 1. The molecule has 0 unspecified atom stereocenters. The molecule has 1 amide bonds. The summed E-state index contributed by atoms with van der Waals surface area (Å²) in [5.41, 5.74) is 1.10. The third-order valence-electron chi connectivity index (χ3n) is 4.58. The van der Waals surface area contributed by atoms with E-state index >= 15 is 0 Å². The van der Waals surface area contributed by atoms with Gasteiger partial charge < -0.3 is 10.2 Å². The van der Waals surface area contributed by atoms with Gasteiger partial charge in [-0.2, -0.15) is 0 Å². The second-order valence-corrected chi connectivity index (χ2v) is 8.47. The minimum Gasteiger partial charge on any atom is -0.339 e. The summed E-state index contributed by atoms with van der Waals surface area (Å²) in [5, 5.41) is 3.17. The zero-order valence-corrected chi connectivity index (χ0v) is 17.2. The number of nitrogens with one attached hydrogen (secondary N) is 2. The van der Waals surface area contributed by atoms with Gasteiger partial charge in [-0.25, -0.2) is 8.42 Å². The lowest BCUT2D eigenvalue weighted by atomic mass is 9.93. The van der Waals surface area contributed by atoms with Crippen LogP contribution in [0.3, 0.4) is 0 Å². The molecule has 1 aromatic rings. The molecule has 0 saturated carbocycles. The summed E-state index contributed by atoms with van der Waals surface area (Å²) in [6.07, 6.45) is 3.81. The van der Waals surface area contributed by atoms with Gasteiger partial charge in [-0.1, -0.05) is 6.92 Å². The molecule has 0 bridgehead atoms. The average Bonchev–Trinajstić information content (AvgIpc) is 2.60. The van der Waals surface area contributed by atoms with Crippen LogP contribution in [0, 0.1) is 5.92 Å². The summed E-state index contributed by atoms with van der Waals surface area (Å²) in [6, 6.07) is 6.69. The van der Waals surface area contributed by atoms with Gasteiger partial charge in [0.1, 0.15) is 0 Å². The summed E-state index contributed by atoms with van der Waals surface area (Å²) < 4.78 is 26.1. The number of piperidine rings is 1. The number of hydrogen-bond acceptors (Lipinski definition) is 4. The summed E-state index contributed by atoms with van der Waals surface area (Å²) in [5.74, 6) is 0.804. The molecular weight excluding hydrogens is 374 g/mol. The molecule has 2 N–H and O–H groups in total. The van der Waals surface area contributed by atoms with Crippen LogP contribution in [0.5, 0.6) is 0 Å². The molecule has 1 fully saturated rings. The van der Waals surface area contributed by atoms with Crippen molar-refractivity contribution in [2.75, 3.05) is 37.2 Å². The molecule has 0 spiro atoms. The van der Waals surface area contributed by atoms with Gasteiger partial charge in [0.25, 0.3) is 5.91 Å². The number of halogens is 1. The van der Waals surface area contributed by atoms with E-state index in [2.05, 4.69) is 10.0 Å². The van der Waals surface area contributed by atoms with Crippen molar-refractivity contribution in [3.05, 3.63) is 29.8 Å². The number of carbonyl (C=O) groups excluding carboxylic acids is 1. The van der Waals surface area contributed by atoms with Crippen molar-refractivity contribution in [3.63, 3.8) is 0 Å². The zero-order chi connectivity index (χ0) is 18.3. The topological polar surface area (TPSA) is 78.5 Å². The lowest BCUT2D eigenvalue weighted by molar-refractivity contribution is 0.0687. The van der Waals surface area contributed by atoms with Crippen LogP contribution in [-0.4, -0.2) is 51.7 Å². The number of hydrogen-bond donors (Lipinski definition) is 2. The normalized spacial score (nSPS) is 15.4. The first-order chi connectivity index (χ1) is 11.9. The van der Waals surface area contributed by atoms with Crippen LogP contribution < -0.4 is 10.0 Å². The van der Waals surface area contributed by atoms with Crippen LogP contribution in [-0.2, 0) is 10.0 Å². The van der Waals surface area contributed by atoms with Crippen molar-refractivity contribution in [3.8, 4) is 0 Å². The molecule has 1 aliphatic rings. The van der Waals surface area contributed by atoms with Gasteiger partial charge in [-0.05, 0) is 69.5 Å². The van der Waals surface area contributed by atoms with E-state index in [4.69, 9.17) is 0 Å². The maximum absolute atomic E-state index is 12.6. The summed E-state index contributed by atoms with van der Waals surface area (Å²) in [6.45, 7) is 4.42. The van der Waals surface area contributed by atoms with Crippen LogP contribution in [0.15, 0.2) is 24.3 Å². The van der Waals surface area contributed by atoms with E-state index in [0.717, 1.165) is 38.9 Å². The van der Waals surface area contributed by atoms with E-state index < -0.39 is 10.0 Å². The SMILES string of the molecule is CCCS(=O)(=O)Nc1ccc(C(=O)N2CCC(CCNC)CC2)cc1.Cl. The quantitative estimate of drug-likeness (QED) is 0.699. The first kappa shape index (κ1) is 22.7. The van der Waals surface area contributed by atoms with Gasteiger partial charge in [0.05, 0.1) is 5.75 Å². The number of anilines is 1. The highest BCUT2D eigenvalue weighted by molar-refractivity contribution is 7.92. The van der Waals surface area contributed by atoms with E-state index in [1.165, 1.54) is 0 Å². The van der Waals surface area contributed by atoms with E-state index in [9.17, 15) is 13.2 Å². The Morgan fingerprint density at radius 3 is 2.35 bits per heavy atom. The Bertz CT molecular complexity index is 657. The van der Waals surface area contributed by atoms with Gasteiger partial charge >= 0.3 is 0 Å². The van der Waals surface area contributed by atoms with Gasteiger partial charge in [0, 0.05) is 24.3 Å². The van der Waals surface area contributed by atoms with Gasteiger partial charge in [-0.15, -0.1) is 12.4 Å². The molecule has 6 nitrogen and oxygen atoms in total. The molecule has 1 aromatic carbocycles. The highest BCUT2D eigenvalue weighted by Gasteiger charge is 2.23. The third kappa shape index (κ3) is 6.78. The highest BCUT2D eigenvalue weighted by atomic mass is 35.5. The van der Waals surface area contributed by atoms with E-state index in [-0.39, 0.29) is 24.1 Å². The second kappa shape index (κ2) is 10.7. The van der Waals surface area contributed by atoms with Gasteiger partial charge in [0.2, 0.25) is 10.0 Å². The Balaban J connectivity index is 0.00000338. The van der Waals surface area contributed by atoms with Crippen molar-refractivity contribution >= 4 is 34.0 Å². The molecule has 2 rings (SSSR count). The predicted molar refractivity (Wildman–Crippen MR) is 109 cm³/mol. The highest BCUT2D eigenvalue weighted by Crippen LogP contribution is 2.22. The monoisotopic (exact) mass is 403 g/mol. The molecule has 8 heteroatoms. The van der Waals surface area contributed by atoms with Crippen molar-refractivity contribution in [1.82, 2.24) is 10.2 Å². The third-order valence-corrected chi connectivity index (χ3v) is 6.07. The van der Waals surface area contributed by atoms with Crippen LogP contribution in [0.2, 0.25) is 0 Å². The van der Waals surface area contributed by atoms with Gasteiger partial charge in [-0.3, -0.25) is 9.52 Å². The molecule has 1 heterocycles. The van der Waals surface area contributed by atoms with Crippen LogP contribution >= 0.6 is 12.4 Å². The largest absolute Gasteiger partial charge is 0.339 e. The molecule has 1 aliphatic heterocycles. The summed E-state index contributed by atoms with van der Waals surface area (Å²) in [7, 11) is -1.34. The fourth-order valence-electron chi connectivity index (χ4n) is 3.14. The lowest BCUT2D eigenvalue weighted by Gasteiger charge is -2.32. The summed E-state index contributed by atoms with van der Waals surface area (Å²) >= 11 is 0. The van der Waals surface area contributed by atoms with Crippen molar-refractivity contribution in [1.29, 1.82) is 0 Å². The zero-order valence-electron chi connectivity index (χ0n) is 15.5. The fraction of sp³-hybridized carbons (Fsp3) is 0.611. The number of nitrogens with zero attached hydrogens (tertiary/aromatic N) is 1. The van der Waals surface area contributed by atoms with Crippen LogP contribution in [0.4, 0.5) is 5.69 Å². The number of likely N-dealkylation sites (tertiary alicyclic amines) is 1. The Morgan fingerprint density at radius 2 is 1.81 bits per heavy atom. The molecule has 26 heavy (non-hydrogen) atoms. The smallest absolute Gasteiger partial charge is 0.253 e. The summed E-state index contributed by atoms with van der Waals surface area (Å²) in [4.78, 5) is 14.5. The Labute approximate surface area is 163 Å². The van der Waals surface area contributed by atoms with E-state index in [0.29, 0.717) is 23.6 Å². The lowest BCUT2D eigenvalue weighted by Crippen LogP contribution is -2.38. The first-order valence-corrected chi connectivity index (χ1v) is 10.6. The van der Waals surface area contributed by atoms with Crippen molar-refractivity contribution in [2.45, 2.75) is 32.6 Å². The number of amides is 1. The van der Waals surface area contributed by atoms with E-state index in [1.807, 2.05) is 18.9 Å². The Morgan fingerprint density at radius 1 is 1.19 bits per heavy atom. The maximum atomic E-state index is 12.6. The number of sulfonamides is 1. The minimum absolute atomic E-state index is 0. The van der Waals surface area contributed by atoms with Crippen LogP contribution in [0.1, 0.15) is 43.0 Å². The molecule has 0 radical (unpaired) electrons. The first-order valence-electron chi connectivity index (χ1n) is 8.99. The fourth-order valence-corrected chi connectivity index (χ4v) is 4.27. The van der Waals surface area contributed by atoms with Gasteiger partial charge in [0.15, 0.2) is 0 Å². The van der Waals surface area contributed by atoms with Crippen LogP contribution in [0.25, 0.3) is 0 Å². The Kier molecular flexibility index (Phi) is 9.39. The molecule has 0 aromatic heterocycles. The predicted octanol–water partition coefficient (Wildman–Crippen LogP) is 2.72. The van der Waals surface area contributed by atoms with E-state index in [1.54, 1.807) is 24.3 Å². The minimum atomic E-state index is -3.30.